The average Bonchev–Trinajstić information content (AvgIpc) is 2.46. The van der Waals surface area contributed by atoms with Gasteiger partial charge in [-0.3, -0.25) is 4.79 Å². The number of Topliss-reactive ketones (excluding diaryl/α,β-unsaturated/α-hetero) is 1. The van der Waals surface area contributed by atoms with Crippen LogP contribution in [0.1, 0.15) is 32.6 Å². The third-order valence-electron chi connectivity index (χ3n) is 4.63. The Morgan fingerprint density at radius 1 is 1.05 bits per heavy atom. The first-order valence-electron chi connectivity index (χ1n) is 7.67. The molecular formula is C15H26N2O3. The molecule has 0 aromatic rings. The molecule has 5 nitrogen and oxygen atoms in total. The van der Waals surface area contributed by atoms with Crippen molar-refractivity contribution in [2.45, 2.75) is 32.6 Å². The number of carbonyl (C=O) groups is 2. The molecule has 2 fully saturated rings. The molecule has 2 aliphatic rings. The van der Waals surface area contributed by atoms with E-state index in [9.17, 15) is 9.59 Å². The van der Waals surface area contributed by atoms with Gasteiger partial charge in [0.1, 0.15) is 5.78 Å². The number of nitrogens with zero attached hydrogens (tertiary/aromatic N) is 2. The number of ketones is 1. The summed E-state index contributed by atoms with van der Waals surface area (Å²) in [4.78, 5) is 27.3. The van der Waals surface area contributed by atoms with Crippen molar-refractivity contribution in [3.63, 3.8) is 0 Å². The Bertz CT molecular complexity index is 343. The van der Waals surface area contributed by atoms with Crippen LogP contribution in [0.2, 0.25) is 0 Å². The van der Waals surface area contributed by atoms with E-state index in [2.05, 4.69) is 11.9 Å². The Morgan fingerprint density at radius 3 is 2.20 bits per heavy atom. The minimum absolute atomic E-state index is 0.174. The Morgan fingerprint density at radius 2 is 1.65 bits per heavy atom. The van der Waals surface area contributed by atoms with Gasteiger partial charge in [-0.1, -0.05) is 0 Å². The Hall–Kier alpha value is -1.10. The zero-order valence-electron chi connectivity index (χ0n) is 12.6. The zero-order valence-corrected chi connectivity index (χ0v) is 12.6. The van der Waals surface area contributed by atoms with E-state index in [1.165, 1.54) is 0 Å². The lowest BCUT2D eigenvalue weighted by Crippen LogP contribution is -2.47. The van der Waals surface area contributed by atoms with Gasteiger partial charge in [0.25, 0.3) is 0 Å². The van der Waals surface area contributed by atoms with Crippen LogP contribution in [0.25, 0.3) is 0 Å². The van der Waals surface area contributed by atoms with Gasteiger partial charge in [0.15, 0.2) is 0 Å². The first kappa shape index (κ1) is 15.3. The van der Waals surface area contributed by atoms with Crippen LogP contribution < -0.4 is 0 Å². The van der Waals surface area contributed by atoms with E-state index in [0.717, 1.165) is 51.9 Å². The summed E-state index contributed by atoms with van der Waals surface area (Å²) < 4.78 is 5.44. The van der Waals surface area contributed by atoms with E-state index in [1.807, 2.05) is 0 Å². The Balaban J connectivity index is 1.65. The van der Waals surface area contributed by atoms with E-state index in [0.29, 0.717) is 18.3 Å². The van der Waals surface area contributed by atoms with Crippen molar-refractivity contribution in [1.29, 1.82) is 0 Å². The molecule has 0 bridgehead atoms. The summed E-state index contributed by atoms with van der Waals surface area (Å²) in [5.41, 5.74) is 0. The smallest absolute Gasteiger partial charge is 0.409 e. The summed E-state index contributed by atoms with van der Waals surface area (Å²) in [6.07, 6.45) is 3.73. The monoisotopic (exact) mass is 282 g/mol. The van der Waals surface area contributed by atoms with Gasteiger partial charge in [-0.25, -0.2) is 4.79 Å². The van der Waals surface area contributed by atoms with Gasteiger partial charge in [0, 0.05) is 32.1 Å². The normalized spacial score (nSPS) is 28.2. The van der Waals surface area contributed by atoms with Crippen LogP contribution in [0.5, 0.6) is 0 Å². The summed E-state index contributed by atoms with van der Waals surface area (Å²) in [6, 6.07) is 0. The zero-order chi connectivity index (χ0) is 14.5. The van der Waals surface area contributed by atoms with Crippen LogP contribution in [0.3, 0.4) is 0 Å². The summed E-state index contributed by atoms with van der Waals surface area (Å²) in [5, 5.41) is 0. The van der Waals surface area contributed by atoms with Gasteiger partial charge >= 0.3 is 6.09 Å². The molecule has 0 spiro atoms. The molecule has 1 aliphatic heterocycles. The molecule has 5 heteroatoms. The number of piperazine rings is 1. The van der Waals surface area contributed by atoms with Crippen molar-refractivity contribution < 1.29 is 14.3 Å². The summed E-state index contributed by atoms with van der Waals surface area (Å²) in [5.74, 6) is 0.972. The first-order chi connectivity index (χ1) is 9.56. The second-order valence-electron chi connectivity index (χ2n) is 6.20. The molecule has 1 saturated carbocycles. The molecule has 0 radical (unpaired) electrons. The molecule has 0 aromatic carbocycles. The maximum Gasteiger partial charge on any atom is 0.409 e. The van der Waals surface area contributed by atoms with E-state index in [-0.39, 0.29) is 12.0 Å². The number of rotatable bonds is 3. The topological polar surface area (TPSA) is 49.9 Å². The molecule has 20 heavy (non-hydrogen) atoms. The minimum Gasteiger partial charge on any atom is -0.449 e. The lowest BCUT2D eigenvalue weighted by atomic mass is 9.81. The molecule has 1 saturated heterocycles. The molecule has 114 valence electrons. The highest BCUT2D eigenvalue weighted by Gasteiger charge is 2.26. The minimum atomic E-state index is -0.174. The quantitative estimate of drug-likeness (QED) is 0.791. The molecule has 1 heterocycles. The molecule has 0 atom stereocenters. The molecule has 2 rings (SSSR count). The van der Waals surface area contributed by atoms with Gasteiger partial charge < -0.3 is 14.5 Å². The van der Waals surface area contributed by atoms with Crippen LogP contribution in [0.4, 0.5) is 4.79 Å². The van der Waals surface area contributed by atoms with Gasteiger partial charge in [0.05, 0.1) is 6.61 Å². The maximum atomic E-state index is 12.0. The molecule has 1 aliphatic carbocycles. The Kier molecular flexibility index (Phi) is 5.40. The molecule has 0 aromatic heterocycles. The third-order valence-corrected chi connectivity index (χ3v) is 4.63. The van der Waals surface area contributed by atoms with Crippen LogP contribution in [-0.2, 0) is 9.53 Å². The van der Waals surface area contributed by atoms with Crippen molar-refractivity contribution in [3.8, 4) is 0 Å². The third kappa shape index (κ3) is 4.20. The first-order valence-corrected chi connectivity index (χ1v) is 7.67. The fourth-order valence-corrected chi connectivity index (χ4v) is 3.01. The summed E-state index contributed by atoms with van der Waals surface area (Å²) in [6.45, 7) is 5.53. The SMILES string of the molecule is CC(=O)[C@H]1CC[C@H](COC(=O)N2CCN(C)CC2)CC1. The highest BCUT2D eigenvalue weighted by atomic mass is 16.6. The van der Waals surface area contributed by atoms with Gasteiger partial charge in [0.2, 0.25) is 0 Å². The van der Waals surface area contributed by atoms with Crippen LogP contribution in [-0.4, -0.2) is 61.5 Å². The number of hydrogen-bond donors (Lipinski definition) is 0. The molecule has 1 amide bonds. The standard InChI is InChI=1S/C15H26N2O3/c1-12(18)14-5-3-13(4-6-14)11-20-15(19)17-9-7-16(2)8-10-17/h13-14H,3-11H2,1-2H3/t13-,14-. The van der Waals surface area contributed by atoms with Crippen molar-refractivity contribution in [2.24, 2.45) is 11.8 Å². The molecular weight excluding hydrogens is 256 g/mol. The fraction of sp³-hybridized carbons (Fsp3) is 0.867. The lowest BCUT2D eigenvalue weighted by molar-refractivity contribution is -0.122. The number of hydrogen-bond acceptors (Lipinski definition) is 4. The molecule has 0 unspecified atom stereocenters. The van der Waals surface area contributed by atoms with Crippen molar-refractivity contribution in [2.75, 3.05) is 39.8 Å². The van der Waals surface area contributed by atoms with Gasteiger partial charge in [-0.2, -0.15) is 0 Å². The second kappa shape index (κ2) is 7.07. The lowest BCUT2D eigenvalue weighted by Gasteiger charge is -2.32. The fourth-order valence-electron chi connectivity index (χ4n) is 3.01. The highest BCUT2D eigenvalue weighted by Crippen LogP contribution is 2.29. The number of likely N-dealkylation sites (N-methyl/N-ethyl adjacent to an activating group) is 1. The average molecular weight is 282 g/mol. The van der Waals surface area contributed by atoms with E-state index in [4.69, 9.17) is 4.74 Å². The Labute approximate surface area is 121 Å². The van der Waals surface area contributed by atoms with Crippen LogP contribution in [0.15, 0.2) is 0 Å². The van der Waals surface area contributed by atoms with Crippen molar-refractivity contribution in [1.82, 2.24) is 9.80 Å². The largest absolute Gasteiger partial charge is 0.449 e. The van der Waals surface area contributed by atoms with E-state index < -0.39 is 0 Å². The molecule has 0 N–H and O–H groups in total. The predicted molar refractivity (Wildman–Crippen MR) is 76.5 cm³/mol. The van der Waals surface area contributed by atoms with Crippen molar-refractivity contribution in [3.05, 3.63) is 0 Å². The van der Waals surface area contributed by atoms with Gasteiger partial charge in [-0.15, -0.1) is 0 Å². The number of ether oxygens (including phenoxy) is 1. The van der Waals surface area contributed by atoms with Gasteiger partial charge in [-0.05, 0) is 45.6 Å². The highest BCUT2D eigenvalue weighted by molar-refractivity contribution is 5.78. The maximum absolute atomic E-state index is 12.0. The van der Waals surface area contributed by atoms with E-state index >= 15 is 0 Å². The number of amides is 1. The summed E-state index contributed by atoms with van der Waals surface area (Å²) in [7, 11) is 2.07. The number of carbonyl (C=O) groups excluding carboxylic acids is 2. The van der Waals surface area contributed by atoms with Crippen LogP contribution in [0, 0.1) is 11.8 Å². The van der Waals surface area contributed by atoms with E-state index in [1.54, 1.807) is 11.8 Å². The van der Waals surface area contributed by atoms with Crippen LogP contribution >= 0.6 is 0 Å². The predicted octanol–water partition coefficient (Wildman–Crippen LogP) is 1.77. The second-order valence-corrected chi connectivity index (χ2v) is 6.20. The summed E-state index contributed by atoms with van der Waals surface area (Å²) >= 11 is 0. The van der Waals surface area contributed by atoms with Crippen molar-refractivity contribution >= 4 is 11.9 Å².